The topological polar surface area (TPSA) is 67.4 Å². The molecule has 2 fully saturated rings. The van der Waals surface area contributed by atoms with Crippen LogP contribution < -0.4 is 10.6 Å². The van der Waals surface area contributed by atoms with E-state index >= 15 is 0 Å². The Morgan fingerprint density at radius 2 is 1.56 bits per heavy atom. The Hall–Kier alpha value is -2.92. The van der Waals surface area contributed by atoms with Gasteiger partial charge in [0.1, 0.15) is 0 Å². The number of carbonyl (C=O) groups excluding carboxylic acids is 2. The molecule has 0 aromatic heterocycles. The summed E-state index contributed by atoms with van der Waals surface area (Å²) in [6.45, 7) is 1.96. The van der Waals surface area contributed by atoms with Gasteiger partial charge in [-0.2, -0.15) is 26.3 Å². The predicted molar refractivity (Wildman–Crippen MR) is 118 cm³/mol. The molecule has 11 heteroatoms. The van der Waals surface area contributed by atoms with Crippen molar-refractivity contribution in [3.05, 3.63) is 70.8 Å². The van der Waals surface area contributed by atoms with E-state index in [2.05, 4.69) is 22.8 Å². The Balaban J connectivity index is 0.000000201. The van der Waals surface area contributed by atoms with Gasteiger partial charge in [-0.05, 0) is 49.1 Å². The molecule has 196 valence electrons. The molecule has 2 heterocycles. The second kappa shape index (κ2) is 10.6. The normalized spacial score (nSPS) is 23.2. The minimum atomic E-state index is -4.83. The Morgan fingerprint density at radius 1 is 0.972 bits per heavy atom. The average Bonchev–Trinajstić information content (AvgIpc) is 3.10. The summed E-state index contributed by atoms with van der Waals surface area (Å²) in [7, 11) is 1.21. The Bertz CT molecular complexity index is 1050. The van der Waals surface area contributed by atoms with Crippen LogP contribution in [0.3, 0.4) is 0 Å². The van der Waals surface area contributed by atoms with Crippen LogP contribution >= 0.6 is 0 Å². The number of rotatable bonds is 3. The van der Waals surface area contributed by atoms with Crippen molar-refractivity contribution in [3.63, 3.8) is 0 Å². The van der Waals surface area contributed by atoms with E-state index in [0.29, 0.717) is 31.1 Å². The van der Waals surface area contributed by atoms with Gasteiger partial charge in [0.2, 0.25) is 11.8 Å². The first-order chi connectivity index (χ1) is 16.7. The molecule has 2 aliphatic heterocycles. The van der Waals surface area contributed by atoms with Gasteiger partial charge in [0.25, 0.3) is 0 Å². The van der Waals surface area contributed by atoms with E-state index in [1.807, 2.05) is 18.2 Å². The maximum absolute atomic E-state index is 12.5. The second-order valence-electron chi connectivity index (χ2n) is 8.93. The zero-order valence-corrected chi connectivity index (χ0v) is 19.6. The Labute approximate surface area is 204 Å². The van der Waals surface area contributed by atoms with Crippen LogP contribution in [-0.4, -0.2) is 25.5 Å². The largest absolute Gasteiger partial charge is 0.416 e. The van der Waals surface area contributed by atoms with E-state index < -0.39 is 35.0 Å². The minimum Gasteiger partial charge on any atom is -0.377 e. The highest BCUT2D eigenvalue weighted by Gasteiger charge is 2.48. The van der Waals surface area contributed by atoms with Gasteiger partial charge in [-0.1, -0.05) is 30.3 Å². The summed E-state index contributed by atoms with van der Waals surface area (Å²) < 4.78 is 79.7. The lowest BCUT2D eigenvalue weighted by molar-refractivity contribution is -0.143. The van der Waals surface area contributed by atoms with Crippen molar-refractivity contribution in [2.45, 2.75) is 50.7 Å². The molecule has 3 unspecified atom stereocenters. The number of hydrogen-bond acceptors (Lipinski definition) is 4. The number of amides is 2. The molecule has 3 atom stereocenters. The average molecular weight is 516 g/mol. The van der Waals surface area contributed by atoms with Crippen LogP contribution in [0.15, 0.2) is 48.5 Å². The van der Waals surface area contributed by atoms with Crippen molar-refractivity contribution in [2.75, 3.05) is 13.7 Å². The van der Waals surface area contributed by atoms with Crippen LogP contribution in [0, 0.1) is 5.41 Å². The lowest BCUT2D eigenvalue weighted by Gasteiger charge is -2.35. The number of nitrogens with one attached hydrogen (secondary N) is 2. The Morgan fingerprint density at radius 3 is 1.97 bits per heavy atom. The third kappa shape index (κ3) is 6.44. The quantitative estimate of drug-likeness (QED) is 0.413. The van der Waals surface area contributed by atoms with Gasteiger partial charge in [-0.3, -0.25) is 14.9 Å². The minimum absolute atomic E-state index is 0.0892. The van der Waals surface area contributed by atoms with Gasteiger partial charge in [0.15, 0.2) is 0 Å². The van der Waals surface area contributed by atoms with E-state index in [4.69, 9.17) is 4.74 Å². The molecule has 0 aliphatic carbocycles. The molecule has 0 saturated carbocycles. The fraction of sp³-hybridized carbons (Fsp3) is 0.440. The van der Waals surface area contributed by atoms with E-state index in [0.717, 1.165) is 12.8 Å². The van der Waals surface area contributed by atoms with Crippen LogP contribution in [-0.2, 0) is 26.7 Å². The van der Waals surface area contributed by atoms with Crippen LogP contribution in [0.25, 0.3) is 0 Å². The number of alkyl halides is 6. The fourth-order valence-electron chi connectivity index (χ4n) is 4.28. The molecule has 36 heavy (non-hydrogen) atoms. The Kier molecular flexibility index (Phi) is 8.14. The molecule has 2 saturated heterocycles. The number of ether oxygens (including phenoxy) is 1. The molecule has 2 aliphatic rings. The summed E-state index contributed by atoms with van der Waals surface area (Å²) >= 11 is 0. The van der Waals surface area contributed by atoms with Gasteiger partial charge >= 0.3 is 12.4 Å². The van der Waals surface area contributed by atoms with Crippen molar-refractivity contribution in [2.24, 2.45) is 5.41 Å². The van der Waals surface area contributed by atoms with Gasteiger partial charge in [0.05, 0.1) is 22.6 Å². The predicted octanol–water partition coefficient (Wildman–Crippen LogP) is 5.58. The van der Waals surface area contributed by atoms with Crippen molar-refractivity contribution in [1.29, 1.82) is 0 Å². The molecule has 0 bridgehead atoms. The lowest BCUT2D eigenvalue weighted by atomic mass is 9.76. The summed E-state index contributed by atoms with van der Waals surface area (Å²) in [4.78, 5) is 23.2. The monoisotopic (exact) mass is 516 g/mol. The number of piperidine rings is 1. The number of imide groups is 1. The molecule has 1 spiro atoms. The molecule has 2 aromatic rings. The number of hydrogen-bond donors (Lipinski definition) is 2. The van der Waals surface area contributed by atoms with E-state index in [9.17, 15) is 35.9 Å². The van der Waals surface area contributed by atoms with Crippen LogP contribution in [0.5, 0.6) is 0 Å². The molecule has 5 nitrogen and oxygen atoms in total. The summed E-state index contributed by atoms with van der Waals surface area (Å²) in [5.74, 6) is -0.244. The summed E-state index contributed by atoms with van der Waals surface area (Å²) in [6.07, 6.45) is -8.51. The molecule has 0 radical (unpaired) electrons. The van der Waals surface area contributed by atoms with Crippen LogP contribution in [0.4, 0.5) is 26.3 Å². The van der Waals surface area contributed by atoms with Gasteiger partial charge < -0.3 is 10.1 Å². The zero-order chi connectivity index (χ0) is 26.7. The highest BCUT2D eigenvalue weighted by Crippen LogP contribution is 2.39. The number of benzene rings is 2. The van der Waals surface area contributed by atoms with Crippen molar-refractivity contribution in [1.82, 2.24) is 10.6 Å². The summed E-state index contributed by atoms with van der Waals surface area (Å²) in [5.41, 5.74) is -2.09. The molecular formula is C25H26F6N2O3. The van der Waals surface area contributed by atoms with E-state index in [1.54, 1.807) is 0 Å². The third-order valence-corrected chi connectivity index (χ3v) is 6.47. The third-order valence-electron chi connectivity index (χ3n) is 6.47. The number of halogens is 6. The molecule has 4 rings (SSSR count). The first kappa shape index (κ1) is 27.7. The first-order valence-electron chi connectivity index (χ1n) is 11.2. The van der Waals surface area contributed by atoms with Crippen molar-refractivity contribution < 1.29 is 40.7 Å². The second-order valence-corrected chi connectivity index (χ2v) is 8.93. The number of methoxy groups -OCH3 is 1. The lowest BCUT2D eigenvalue weighted by Crippen LogP contribution is -2.46. The first-order valence-corrected chi connectivity index (χ1v) is 11.2. The fourth-order valence-corrected chi connectivity index (χ4v) is 4.28. The van der Waals surface area contributed by atoms with E-state index in [-0.39, 0.29) is 23.4 Å². The van der Waals surface area contributed by atoms with Gasteiger partial charge in [0, 0.05) is 26.1 Å². The molecule has 2 aromatic carbocycles. The highest BCUT2D eigenvalue weighted by atomic mass is 19.4. The zero-order valence-electron chi connectivity index (χ0n) is 19.6. The standard InChI is InChI=1S/C14H16N2O2.C11H10F6O/c17-12-8-14(13(18)16-12)7-6-11(15-9-14)10-4-2-1-3-5-10;1-6(18-2)7-3-8(10(12,13)14)5-9(4-7)11(15,16)17/h1-5,11,15H,6-9H2,(H,16,17,18);3-6H,1-2H3. The number of carbonyl (C=O) groups is 2. The molecule has 2 amide bonds. The van der Waals surface area contributed by atoms with Crippen LogP contribution in [0.1, 0.15) is 60.6 Å². The maximum Gasteiger partial charge on any atom is 0.416 e. The van der Waals surface area contributed by atoms with E-state index in [1.165, 1.54) is 19.6 Å². The van der Waals surface area contributed by atoms with Gasteiger partial charge in [-0.15, -0.1) is 0 Å². The smallest absolute Gasteiger partial charge is 0.377 e. The highest BCUT2D eigenvalue weighted by molar-refractivity contribution is 6.06. The SMILES string of the molecule is COC(C)c1cc(C(F)(F)F)cc(C(F)(F)F)c1.O=C1CC2(CCC(c3ccccc3)NC2)C(=O)N1. The maximum atomic E-state index is 12.5. The summed E-state index contributed by atoms with van der Waals surface area (Å²) in [6, 6.07) is 11.9. The summed E-state index contributed by atoms with van der Waals surface area (Å²) in [5, 5.41) is 5.82. The van der Waals surface area contributed by atoms with Gasteiger partial charge in [-0.25, -0.2) is 0 Å². The van der Waals surface area contributed by atoms with Crippen molar-refractivity contribution in [3.8, 4) is 0 Å². The molecule has 2 N–H and O–H groups in total. The van der Waals surface area contributed by atoms with Crippen molar-refractivity contribution >= 4 is 11.8 Å². The van der Waals surface area contributed by atoms with Crippen LogP contribution in [0.2, 0.25) is 0 Å². The molecular weight excluding hydrogens is 490 g/mol.